The molecule has 1 aliphatic heterocycles. The van der Waals surface area contributed by atoms with Gasteiger partial charge in [0.15, 0.2) is 0 Å². The highest BCUT2D eigenvalue weighted by Crippen LogP contribution is 1.93. The van der Waals surface area contributed by atoms with Gasteiger partial charge in [-0.05, 0) is 19.5 Å². The molecule has 1 fully saturated rings. The summed E-state index contributed by atoms with van der Waals surface area (Å²) in [6, 6.07) is 0. The third-order valence-electron chi connectivity index (χ3n) is 2.10. The first-order chi connectivity index (χ1) is 6.85. The van der Waals surface area contributed by atoms with Gasteiger partial charge < -0.3 is 15.2 Å². The van der Waals surface area contributed by atoms with Crippen molar-refractivity contribution in [1.82, 2.24) is 4.90 Å². The molecule has 1 aliphatic rings. The number of nitrogens with zero attached hydrogens (tertiary/aromatic N) is 1. The van der Waals surface area contributed by atoms with Gasteiger partial charge in [-0.3, -0.25) is 4.90 Å². The van der Waals surface area contributed by atoms with Crippen LogP contribution in [0.25, 0.3) is 0 Å². The van der Waals surface area contributed by atoms with E-state index in [9.17, 15) is 0 Å². The van der Waals surface area contributed by atoms with Gasteiger partial charge in [-0.2, -0.15) is 0 Å². The van der Waals surface area contributed by atoms with Gasteiger partial charge in [0.1, 0.15) is 0 Å². The van der Waals surface area contributed by atoms with E-state index in [0.717, 1.165) is 45.9 Å². The molecule has 4 nitrogen and oxygen atoms in total. The molecule has 0 amide bonds. The summed E-state index contributed by atoms with van der Waals surface area (Å²) in [5.74, 6) is 0. The second-order valence-corrected chi connectivity index (χ2v) is 3.18. The van der Waals surface area contributed by atoms with E-state index >= 15 is 0 Å². The molecule has 86 valence electrons. The van der Waals surface area contributed by atoms with Crippen molar-refractivity contribution in [3.63, 3.8) is 0 Å². The maximum atomic E-state index is 5.16. The Balaban J connectivity index is 0.000000255. The number of rotatable bonds is 4. The van der Waals surface area contributed by atoms with Crippen molar-refractivity contribution in [3.8, 4) is 0 Å². The van der Waals surface area contributed by atoms with Gasteiger partial charge >= 0.3 is 0 Å². The van der Waals surface area contributed by atoms with Crippen LogP contribution >= 0.6 is 0 Å². The molecule has 0 saturated carbocycles. The van der Waals surface area contributed by atoms with Crippen LogP contribution in [-0.2, 0) is 9.47 Å². The normalized spacial score (nSPS) is 17.4. The molecular formula is C10H24N2O2. The second-order valence-electron chi connectivity index (χ2n) is 3.18. The summed E-state index contributed by atoms with van der Waals surface area (Å²) in [4.78, 5) is 2.39. The van der Waals surface area contributed by atoms with Crippen LogP contribution in [0, 0.1) is 0 Å². The molecule has 1 heterocycles. The third-order valence-corrected chi connectivity index (χ3v) is 2.10. The number of morpholine rings is 1. The van der Waals surface area contributed by atoms with Crippen LogP contribution in [0.4, 0.5) is 0 Å². The van der Waals surface area contributed by atoms with Crippen LogP contribution in [0.1, 0.15) is 13.3 Å². The van der Waals surface area contributed by atoms with Crippen molar-refractivity contribution in [2.24, 2.45) is 5.73 Å². The number of nitrogens with two attached hydrogens (primary N) is 1. The molecule has 0 spiro atoms. The van der Waals surface area contributed by atoms with Gasteiger partial charge in [0.05, 0.1) is 13.2 Å². The first kappa shape index (κ1) is 13.8. The standard InChI is InChI=1S/C6H13NO.C4H11NO/c1-2-7-3-5-8-6-4-7;1-6-4-2-3-5/h2-6H2,1H3;2-5H2,1H3. The maximum absolute atomic E-state index is 5.16. The molecule has 0 unspecified atom stereocenters. The van der Waals surface area contributed by atoms with Gasteiger partial charge in [-0.15, -0.1) is 0 Å². The Bertz CT molecular complexity index is 102. The molecule has 0 aromatic rings. The first-order valence-corrected chi connectivity index (χ1v) is 5.34. The summed E-state index contributed by atoms with van der Waals surface area (Å²) in [6.07, 6.45) is 0.969. The van der Waals surface area contributed by atoms with E-state index in [0.29, 0.717) is 0 Å². The Morgan fingerprint density at radius 1 is 1.36 bits per heavy atom. The molecule has 2 N–H and O–H groups in total. The van der Waals surface area contributed by atoms with Crippen molar-refractivity contribution >= 4 is 0 Å². The zero-order chi connectivity index (χ0) is 10.6. The van der Waals surface area contributed by atoms with Crippen molar-refractivity contribution in [2.45, 2.75) is 13.3 Å². The minimum Gasteiger partial charge on any atom is -0.385 e. The molecule has 1 rings (SSSR count). The molecule has 0 bridgehead atoms. The number of ether oxygens (including phenoxy) is 2. The van der Waals surface area contributed by atoms with Crippen LogP contribution < -0.4 is 5.73 Å². The second kappa shape index (κ2) is 10.9. The maximum Gasteiger partial charge on any atom is 0.0594 e. The lowest BCUT2D eigenvalue weighted by molar-refractivity contribution is 0.0405. The fourth-order valence-corrected chi connectivity index (χ4v) is 1.15. The number of hydrogen-bond donors (Lipinski definition) is 1. The summed E-state index contributed by atoms with van der Waals surface area (Å²) in [5.41, 5.74) is 5.13. The number of hydrogen-bond acceptors (Lipinski definition) is 4. The molecule has 0 aromatic heterocycles. The molecule has 0 aromatic carbocycles. The van der Waals surface area contributed by atoms with Crippen molar-refractivity contribution in [3.05, 3.63) is 0 Å². The largest absolute Gasteiger partial charge is 0.385 e. The Labute approximate surface area is 87.4 Å². The third kappa shape index (κ3) is 8.44. The van der Waals surface area contributed by atoms with E-state index in [1.165, 1.54) is 6.54 Å². The fourth-order valence-electron chi connectivity index (χ4n) is 1.15. The highest BCUT2D eigenvalue weighted by Gasteiger charge is 2.05. The van der Waals surface area contributed by atoms with Crippen LogP contribution in [-0.4, -0.2) is 58.0 Å². The average Bonchev–Trinajstić information content (AvgIpc) is 2.28. The van der Waals surface area contributed by atoms with Gasteiger partial charge in [-0.1, -0.05) is 6.92 Å². The molecule has 0 atom stereocenters. The van der Waals surface area contributed by atoms with Gasteiger partial charge in [0.2, 0.25) is 0 Å². The minimum absolute atomic E-state index is 0.730. The van der Waals surface area contributed by atoms with Gasteiger partial charge in [0.25, 0.3) is 0 Å². The Hall–Kier alpha value is -0.160. The SMILES string of the molecule is CCN1CCOCC1.COCCCN. The van der Waals surface area contributed by atoms with Crippen LogP contribution in [0.3, 0.4) is 0 Å². The van der Waals surface area contributed by atoms with Crippen molar-refractivity contribution < 1.29 is 9.47 Å². The summed E-state index contributed by atoms with van der Waals surface area (Å²) in [6.45, 7) is 8.97. The van der Waals surface area contributed by atoms with Crippen molar-refractivity contribution in [1.29, 1.82) is 0 Å². The van der Waals surface area contributed by atoms with E-state index in [1.54, 1.807) is 7.11 Å². The van der Waals surface area contributed by atoms with Crippen molar-refractivity contribution in [2.75, 3.05) is 53.1 Å². The molecule has 1 saturated heterocycles. The Morgan fingerprint density at radius 3 is 2.29 bits per heavy atom. The summed E-state index contributed by atoms with van der Waals surface area (Å²) in [5, 5.41) is 0. The first-order valence-electron chi connectivity index (χ1n) is 5.34. The smallest absolute Gasteiger partial charge is 0.0594 e. The van der Waals surface area contributed by atoms with E-state index in [2.05, 4.69) is 11.8 Å². The topological polar surface area (TPSA) is 47.7 Å². The van der Waals surface area contributed by atoms with Crippen LogP contribution in [0.15, 0.2) is 0 Å². The number of methoxy groups -OCH3 is 1. The Morgan fingerprint density at radius 2 is 2.00 bits per heavy atom. The molecular weight excluding hydrogens is 180 g/mol. The van der Waals surface area contributed by atoms with Crippen LogP contribution in [0.2, 0.25) is 0 Å². The quantitative estimate of drug-likeness (QED) is 0.670. The van der Waals surface area contributed by atoms with Crippen LogP contribution in [0.5, 0.6) is 0 Å². The Kier molecular flexibility index (Phi) is 10.8. The lowest BCUT2D eigenvalue weighted by Crippen LogP contribution is -2.35. The lowest BCUT2D eigenvalue weighted by Gasteiger charge is -2.24. The summed E-state index contributed by atoms with van der Waals surface area (Å²) >= 11 is 0. The predicted octanol–water partition coefficient (Wildman–Crippen LogP) is 0.320. The fraction of sp³-hybridized carbons (Fsp3) is 1.00. The molecule has 4 heteroatoms. The van der Waals surface area contributed by atoms with E-state index < -0.39 is 0 Å². The zero-order valence-corrected chi connectivity index (χ0v) is 9.50. The average molecular weight is 204 g/mol. The summed E-state index contributed by atoms with van der Waals surface area (Å²) < 4.78 is 9.86. The van der Waals surface area contributed by atoms with Gasteiger partial charge in [-0.25, -0.2) is 0 Å². The van der Waals surface area contributed by atoms with E-state index in [1.807, 2.05) is 0 Å². The van der Waals surface area contributed by atoms with E-state index in [-0.39, 0.29) is 0 Å². The molecule has 14 heavy (non-hydrogen) atoms. The monoisotopic (exact) mass is 204 g/mol. The zero-order valence-electron chi connectivity index (χ0n) is 9.50. The van der Waals surface area contributed by atoms with E-state index in [4.69, 9.17) is 15.2 Å². The lowest BCUT2D eigenvalue weighted by atomic mass is 10.4. The minimum atomic E-state index is 0.730. The highest BCUT2D eigenvalue weighted by molar-refractivity contribution is 4.57. The highest BCUT2D eigenvalue weighted by atomic mass is 16.5. The number of likely N-dealkylation sites (N-methyl/N-ethyl adjacent to an activating group) is 1. The summed E-state index contributed by atoms with van der Waals surface area (Å²) in [7, 11) is 1.68. The molecule has 0 aliphatic carbocycles. The van der Waals surface area contributed by atoms with Gasteiger partial charge in [0, 0.05) is 26.8 Å². The molecule has 0 radical (unpaired) electrons. The predicted molar refractivity (Wildman–Crippen MR) is 58.5 cm³/mol.